The van der Waals surface area contributed by atoms with E-state index in [1.54, 1.807) is 25.4 Å². The van der Waals surface area contributed by atoms with Crippen molar-refractivity contribution in [1.29, 1.82) is 0 Å². The van der Waals surface area contributed by atoms with Crippen LogP contribution in [0, 0.1) is 0 Å². The molecule has 0 spiro atoms. The third-order valence-electron chi connectivity index (χ3n) is 6.02. The molecule has 2 aromatic heterocycles. The Hall–Kier alpha value is -3.54. The molecule has 1 amide bonds. The molecule has 5 rings (SSSR count). The Balaban J connectivity index is 1.46. The minimum atomic E-state index is -0.665. The maximum Gasteiger partial charge on any atom is 0.281 e. The Morgan fingerprint density at radius 1 is 1.29 bits per heavy atom. The lowest BCUT2D eigenvalue weighted by molar-refractivity contribution is 0.00447. The number of carbonyl (C=O) groups is 1. The normalized spacial score (nSPS) is 17.1. The van der Waals surface area contributed by atoms with Crippen molar-refractivity contribution in [2.75, 3.05) is 58.4 Å². The first-order chi connectivity index (χ1) is 17.1. The molecule has 0 saturated carbocycles. The molecule has 1 fully saturated rings. The van der Waals surface area contributed by atoms with Gasteiger partial charge in [0.15, 0.2) is 11.5 Å². The van der Waals surface area contributed by atoms with Gasteiger partial charge in [0.25, 0.3) is 5.91 Å². The first kappa shape index (κ1) is 23.2. The number of benzene rings is 1. The zero-order chi connectivity index (χ0) is 24.2. The fourth-order valence-corrected chi connectivity index (χ4v) is 4.31. The van der Waals surface area contributed by atoms with Gasteiger partial charge in [0.1, 0.15) is 24.0 Å². The van der Waals surface area contributed by atoms with Crippen LogP contribution in [0.2, 0.25) is 0 Å². The first-order valence-electron chi connectivity index (χ1n) is 11.6. The Kier molecular flexibility index (Phi) is 6.89. The minimum absolute atomic E-state index is 0.105. The third-order valence-corrected chi connectivity index (χ3v) is 6.02. The van der Waals surface area contributed by atoms with E-state index in [1.807, 2.05) is 16.7 Å². The smallest absolute Gasteiger partial charge is 0.281 e. The number of β-amino-alcohol motifs (C(OH)–C–C–N with tert-alkyl or cyclic N) is 1. The molecule has 0 bridgehead atoms. The Morgan fingerprint density at radius 3 is 2.91 bits per heavy atom. The number of pyridine rings is 1. The summed E-state index contributed by atoms with van der Waals surface area (Å²) in [6.45, 7) is 4.86. The van der Waals surface area contributed by atoms with Gasteiger partial charge in [-0.1, -0.05) is 0 Å². The highest BCUT2D eigenvalue weighted by Crippen LogP contribution is 2.37. The lowest BCUT2D eigenvalue weighted by Crippen LogP contribution is -2.42. The highest BCUT2D eigenvalue weighted by molar-refractivity contribution is 5.96. The molecule has 11 heteroatoms. The summed E-state index contributed by atoms with van der Waals surface area (Å²) in [7, 11) is 1.54. The number of fused-ring (bicyclic) bond motifs is 3. The van der Waals surface area contributed by atoms with Gasteiger partial charge in [-0.2, -0.15) is 4.99 Å². The van der Waals surface area contributed by atoms with Crippen LogP contribution in [0.5, 0.6) is 11.5 Å². The molecule has 4 heterocycles. The SMILES string of the molecule is COc1c(OC[C@H](O)CN2CCOCC2)ccc2c3n(c(=NC(=O)c4cccnc4)nc12)CCN3. The number of methoxy groups -OCH3 is 1. The number of aliphatic hydroxyl groups excluding tert-OH is 1. The van der Waals surface area contributed by atoms with Crippen LogP contribution < -0.4 is 20.4 Å². The number of nitrogens with one attached hydrogen (secondary N) is 1. The highest BCUT2D eigenvalue weighted by Gasteiger charge is 2.22. The van der Waals surface area contributed by atoms with E-state index in [2.05, 4.69) is 25.2 Å². The molecule has 11 nitrogen and oxygen atoms in total. The van der Waals surface area contributed by atoms with Crippen molar-refractivity contribution in [1.82, 2.24) is 19.4 Å². The molecule has 1 saturated heterocycles. The summed E-state index contributed by atoms with van der Waals surface area (Å²) in [6, 6.07) is 7.06. The molecule has 2 aliphatic heterocycles. The number of morpholine rings is 1. The van der Waals surface area contributed by atoms with E-state index in [9.17, 15) is 9.90 Å². The zero-order valence-corrected chi connectivity index (χ0v) is 19.5. The van der Waals surface area contributed by atoms with Crippen LogP contribution in [0.15, 0.2) is 41.7 Å². The van der Waals surface area contributed by atoms with Crippen LogP contribution in [0.1, 0.15) is 10.4 Å². The Labute approximate surface area is 202 Å². The fourth-order valence-electron chi connectivity index (χ4n) is 4.31. The van der Waals surface area contributed by atoms with Crippen LogP contribution in [0.4, 0.5) is 5.82 Å². The van der Waals surface area contributed by atoms with Crippen LogP contribution in [-0.2, 0) is 11.3 Å². The number of aromatic nitrogens is 3. The van der Waals surface area contributed by atoms with Crippen molar-refractivity contribution >= 4 is 22.6 Å². The van der Waals surface area contributed by atoms with Crippen LogP contribution in [0.25, 0.3) is 10.9 Å². The topological polar surface area (TPSA) is 123 Å². The first-order valence-corrected chi connectivity index (χ1v) is 11.6. The predicted molar refractivity (Wildman–Crippen MR) is 128 cm³/mol. The second-order valence-electron chi connectivity index (χ2n) is 8.37. The average molecular weight is 481 g/mol. The number of ether oxygens (including phenoxy) is 3. The molecule has 2 N–H and O–H groups in total. The van der Waals surface area contributed by atoms with Crippen molar-refractivity contribution < 1.29 is 24.1 Å². The largest absolute Gasteiger partial charge is 0.491 e. The maximum absolute atomic E-state index is 12.7. The quantitative estimate of drug-likeness (QED) is 0.502. The predicted octanol–water partition coefficient (Wildman–Crippen LogP) is 0.678. The number of amides is 1. The second kappa shape index (κ2) is 10.4. The van der Waals surface area contributed by atoms with Crippen molar-refractivity contribution in [3.8, 4) is 11.5 Å². The maximum atomic E-state index is 12.7. The summed E-state index contributed by atoms with van der Waals surface area (Å²) >= 11 is 0. The van der Waals surface area contributed by atoms with Gasteiger partial charge < -0.3 is 24.6 Å². The van der Waals surface area contributed by atoms with Crippen LogP contribution in [0.3, 0.4) is 0 Å². The van der Waals surface area contributed by atoms with Gasteiger partial charge in [-0.25, -0.2) is 4.98 Å². The lowest BCUT2D eigenvalue weighted by Gasteiger charge is -2.28. The van der Waals surface area contributed by atoms with Crippen LogP contribution in [-0.4, -0.2) is 89.7 Å². The number of hydrogen-bond acceptors (Lipinski definition) is 9. The molecule has 1 atom stereocenters. The monoisotopic (exact) mass is 480 g/mol. The highest BCUT2D eigenvalue weighted by atomic mass is 16.5. The van der Waals surface area contributed by atoms with Gasteiger partial charge in [-0.15, -0.1) is 0 Å². The van der Waals surface area contributed by atoms with Crippen molar-refractivity contribution in [3.63, 3.8) is 0 Å². The standard InChI is InChI=1S/C24H28N6O5/c1-33-21-19(35-15-17(31)14-29-9-11-34-12-10-29)5-4-18-20(21)27-24(30-8-7-26-22(18)30)28-23(32)16-3-2-6-25-13-16/h2-6,13,17,26,31H,7-12,14-15H2,1H3/t17-/m1/s1. The zero-order valence-electron chi connectivity index (χ0n) is 19.5. The van der Waals surface area contributed by atoms with E-state index >= 15 is 0 Å². The van der Waals surface area contributed by atoms with E-state index < -0.39 is 12.0 Å². The number of hydrogen-bond donors (Lipinski definition) is 2. The van der Waals surface area contributed by atoms with E-state index in [0.717, 1.165) is 24.3 Å². The van der Waals surface area contributed by atoms with E-state index in [1.165, 1.54) is 6.20 Å². The van der Waals surface area contributed by atoms with Crippen molar-refractivity contribution in [2.45, 2.75) is 12.6 Å². The number of aliphatic hydroxyl groups is 1. The minimum Gasteiger partial charge on any atom is -0.491 e. The number of rotatable bonds is 7. The molecule has 1 aromatic carbocycles. The average Bonchev–Trinajstić information content (AvgIpc) is 3.39. The number of anilines is 1. The van der Waals surface area contributed by atoms with Crippen molar-refractivity contribution in [2.24, 2.45) is 4.99 Å². The van der Waals surface area contributed by atoms with Gasteiger partial charge >= 0.3 is 0 Å². The molecule has 0 aliphatic carbocycles. The van der Waals surface area contributed by atoms with Gasteiger partial charge in [0, 0.05) is 50.5 Å². The number of nitrogens with zero attached hydrogens (tertiary/aromatic N) is 5. The molecule has 3 aromatic rings. The number of carbonyl (C=O) groups excluding carboxylic acids is 1. The third kappa shape index (κ3) is 4.97. The van der Waals surface area contributed by atoms with E-state index in [-0.39, 0.29) is 12.2 Å². The molecule has 184 valence electrons. The summed E-state index contributed by atoms with van der Waals surface area (Å²) in [6.07, 6.45) is 2.41. The molecule has 35 heavy (non-hydrogen) atoms. The Bertz CT molecular complexity index is 1270. The van der Waals surface area contributed by atoms with Gasteiger partial charge in [0.2, 0.25) is 5.62 Å². The molecular weight excluding hydrogens is 452 g/mol. The summed E-state index contributed by atoms with van der Waals surface area (Å²) in [5.41, 5.74) is 1.17. The fraction of sp³-hybridized carbons (Fsp3) is 0.417. The van der Waals surface area contributed by atoms with Crippen molar-refractivity contribution in [3.05, 3.63) is 47.8 Å². The lowest BCUT2D eigenvalue weighted by atomic mass is 10.2. The molecule has 2 aliphatic rings. The summed E-state index contributed by atoms with van der Waals surface area (Å²) in [5.74, 6) is 1.26. The molecule has 0 radical (unpaired) electrons. The Morgan fingerprint density at radius 2 is 2.14 bits per heavy atom. The van der Waals surface area contributed by atoms with Gasteiger partial charge in [-0.3, -0.25) is 19.2 Å². The van der Waals surface area contributed by atoms with Gasteiger partial charge in [0.05, 0.1) is 25.9 Å². The summed E-state index contributed by atoms with van der Waals surface area (Å²) < 4.78 is 18.9. The molecular formula is C24H28N6O5. The van der Waals surface area contributed by atoms with E-state index in [0.29, 0.717) is 55.4 Å². The second-order valence-corrected chi connectivity index (χ2v) is 8.37. The summed E-state index contributed by atoms with van der Waals surface area (Å²) in [5, 5.41) is 14.7. The van der Waals surface area contributed by atoms with Gasteiger partial charge in [-0.05, 0) is 24.3 Å². The summed E-state index contributed by atoms with van der Waals surface area (Å²) in [4.78, 5) is 27.8. The van der Waals surface area contributed by atoms with E-state index in [4.69, 9.17) is 14.2 Å². The molecule has 0 unspecified atom stereocenters. The van der Waals surface area contributed by atoms with Crippen LogP contribution >= 0.6 is 0 Å².